The molecule has 0 aliphatic carbocycles. The van der Waals surface area contributed by atoms with E-state index in [9.17, 15) is 4.79 Å². The zero-order valence-corrected chi connectivity index (χ0v) is 9.14. The molecule has 0 saturated heterocycles. The normalized spacial score (nSPS) is 10.2. The predicted octanol–water partition coefficient (Wildman–Crippen LogP) is 2.76. The minimum absolute atomic E-state index is 0.332. The summed E-state index contributed by atoms with van der Waals surface area (Å²) in [5.41, 5.74) is 0. The number of hydrogen-bond donors (Lipinski definition) is 1. The minimum Gasteiger partial charge on any atom is -0.444 e. The molecule has 0 unspecified atom stereocenters. The number of benzene rings is 1. The van der Waals surface area contributed by atoms with Gasteiger partial charge in [-0.15, -0.1) is 11.3 Å². The Kier molecular flexibility index (Phi) is 2.87. The molecular formula is C11H11NO2S. The van der Waals surface area contributed by atoms with Crippen molar-refractivity contribution in [3.05, 3.63) is 35.2 Å². The average molecular weight is 221 g/mol. The zero-order chi connectivity index (χ0) is 10.7. The quantitative estimate of drug-likeness (QED) is 0.846. The van der Waals surface area contributed by atoms with Crippen molar-refractivity contribution in [1.29, 1.82) is 0 Å². The van der Waals surface area contributed by atoms with E-state index in [2.05, 4.69) is 17.4 Å². The van der Waals surface area contributed by atoms with Crippen molar-refractivity contribution in [2.75, 3.05) is 7.05 Å². The standard InChI is InChI=1S/C11H11NO2S/c1-12-11(13)14-7-9-6-8-4-2-3-5-10(8)15-9/h2-6H,7H2,1H3,(H,12,13). The van der Waals surface area contributed by atoms with Crippen LogP contribution in [0.1, 0.15) is 4.88 Å². The summed E-state index contributed by atoms with van der Waals surface area (Å²) in [4.78, 5) is 11.9. The minimum atomic E-state index is -0.396. The van der Waals surface area contributed by atoms with Crippen LogP contribution in [0.3, 0.4) is 0 Å². The monoisotopic (exact) mass is 221 g/mol. The summed E-state index contributed by atoms with van der Waals surface area (Å²) in [6.07, 6.45) is -0.396. The smallest absolute Gasteiger partial charge is 0.407 e. The molecule has 3 nitrogen and oxygen atoms in total. The molecule has 2 rings (SSSR count). The van der Waals surface area contributed by atoms with Gasteiger partial charge in [0.05, 0.1) is 0 Å². The summed E-state index contributed by atoms with van der Waals surface area (Å²) in [6.45, 7) is 0.332. The van der Waals surface area contributed by atoms with Crippen molar-refractivity contribution in [2.45, 2.75) is 6.61 Å². The molecule has 1 heterocycles. The van der Waals surface area contributed by atoms with Crippen LogP contribution in [-0.4, -0.2) is 13.1 Å². The summed E-state index contributed by atoms with van der Waals surface area (Å²) >= 11 is 1.64. The van der Waals surface area contributed by atoms with Crippen LogP contribution in [0.4, 0.5) is 4.79 Å². The van der Waals surface area contributed by atoms with Crippen LogP contribution < -0.4 is 5.32 Å². The molecule has 0 radical (unpaired) electrons. The van der Waals surface area contributed by atoms with Gasteiger partial charge in [0.15, 0.2) is 0 Å². The molecule has 1 aromatic heterocycles. The van der Waals surface area contributed by atoms with Crippen LogP contribution in [0.5, 0.6) is 0 Å². The molecule has 0 bridgehead atoms. The number of nitrogens with one attached hydrogen (secondary N) is 1. The van der Waals surface area contributed by atoms with Crippen LogP contribution in [-0.2, 0) is 11.3 Å². The highest BCUT2D eigenvalue weighted by Crippen LogP contribution is 2.25. The molecule has 4 heteroatoms. The summed E-state index contributed by atoms with van der Waals surface area (Å²) < 4.78 is 6.18. The Morgan fingerprint density at radius 1 is 1.47 bits per heavy atom. The Bertz CT molecular complexity index is 445. The van der Waals surface area contributed by atoms with E-state index in [1.165, 1.54) is 10.1 Å². The maximum atomic E-state index is 10.9. The number of carbonyl (C=O) groups excluding carboxylic acids is 1. The lowest BCUT2D eigenvalue weighted by Crippen LogP contribution is -2.18. The maximum Gasteiger partial charge on any atom is 0.407 e. The van der Waals surface area contributed by atoms with Crippen molar-refractivity contribution < 1.29 is 9.53 Å². The summed E-state index contributed by atoms with van der Waals surface area (Å²) in [5.74, 6) is 0. The van der Waals surface area contributed by atoms with Gasteiger partial charge in [0.1, 0.15) is 6.61 Å². The first-order chi connectivity index (χ1) is 7.29. The largest absolute Gasteiger partial charge is 0.444 e. The van der Waals surface area contributed by atoms with Crippen LogP contribution in [0.15, 0.2) is 30.3 Å². The van der Waals surface area contributed by atoms with Gasteiger partial charge in [-0.3, -0.25) is 0 Å². The predicted molar refractivity (Wildman–Crippen MR) is 61.1 cm³/mol. The highest BCUT2D eigenvalue weighted by Gasteiger charge is 2.03. The second-order valence-electron chi connectivity index (χ2n) is 3.08. The van der Waals surface area contributed by atoms with Gasteiger partial charge in [0.25, 0.3) is 0 Å². The van der Waals surface area contributed by atoms with Gasteiger partial charge >= 0.3 is 6.09 Å². The lowest BCUT2D eigenvalue weighted by molar-refractivity contribution is 0.143. The van der Waals surface area contributed by atoms with Gasteiger partial charge in [0, 0.05) is 16.6 Å². The first-order valence-electron chi connectivity index (χ1n) is 4.61. The molecule has 78 valence electrons. The fraction of sp³-hybridized carbons (Fsp3) is 0.182. The van der Waals surface area contributed by atoms with E-state index < -0.39 is 6.09 Å². The average Bonchev–Trinajstić information content (AvgIpc) is 2.68. The van der Waals surface area contributed by atoms with E-state index in [1.54, 1.807) is 18.4 Å². The fourth-order valence-electron chi connectivity index (χ4n) is 1.32. The lowest BCUT2D eigenvalue weighted by Gasteiger charge is -2.00. The molecule has 0 fully saturated rings. The number of ether oxygens (including phenoxy) is 1. The van der Waals surface area contributed by atoms with Gasteiger partial charge in [-0.05, 0) is 17.5 Å². The van der Waals surface area contributed by atoms with E-state index in [1.807, 2.05) is 18.2 Å². The highest BCUT2D eigenvalue weighted by molar-refractivity contribution is 7.19. The van der Waals surface area contributed by atoms with Gasteiger partial charge in [-0.25, -0.2) is 4.79 Å². The number of amides is 1. The Morgan fingerprint density at radius 2 is 2.27 bits per heavy atom. The first kappa shape index (κ1) is 9.98. The Hall–Kier alpha value is -1.55. The number of hydrogen-bond acceptors (Lipinski definition) is 3. The number of rotatable bonds is 2. The summed E-state index contributed by atoms with van der Waals surface area (Å²) in [7, 11) is 1.55. The van der Waals surface area contributed by atoms with Gasteiger partial charge in [-0.1, -0.05) is 18.2 Å². The first-order valence-corrected chi connectivity index (χ1v) is 5.43. The molecule has 1 amide bonds. The summed E-state index contributed by atoms with van der Waals surface area (Å²) in [5, 5.41) is 3.61. The van der Waals surface area contributed by atoms with Gasteiger partial charge in [-0.2, -0.15) is 0 Å². The summed E-state index contributed by atoms with van der Waals surface area (Å²) in [6, 6.07) is 10.2. The van der Waals surface area contributed by atoms with E-state index in [4.69, 9.17) is 4.74 Å². The van der Waals surface area contributed by atoms with E-state index in [0.717, 1.165) is 4.88 Å². The Morgan fingerprint density at radius 3 is 3.00 bits per heavy atom. The molecule has 0 aliphatic heterocycles. The Labute approximate surface area is 91.7 Å². The molecule has 0 aliphatic rings. The molecule has 2 aromatic rings. The van der Waals surface area contributed by atoms with Crippen LogP contribution in [0.25, 0.3) is 10.1 Å². The van der Waals surface area contributed by atoms with Crippen molar-refractivity contribution in [3.8, 4) is 0 Å². The van der Waals surface area contributed by atoms with Crippen LogP contribution in [0, 0.1) is 0 Å². The van der Waals surface area contributed by atoms with Crippen LogP contribution in [0.2, 0.25) is 0 Å². The van der Waals surface area contributed by atoms with Crippen molar-refractivity contribution in [3.63, 3.8) is 0 Å². The fourth-order valence-corrected chi connectivity index (χ4v) is 2.29. The third-order valence-electron chi connectivity index (χ3n) is 2.03. The zero-order valence-electron chi connectivity index (χ0n) is 8.32. The third kappa shape index (κ3) is 2.27. The topological polar surface area (TPSA) is 38.3 Å². The second kappa shape index (κ2) is 4.31. The number of fused-ring (bicyclic) bond motifs is 1. The van der Waals surface area contributed by atoms with Gasteiger partial charge in [0.2, 0.25) is 0 Å². The van der Waals surface area contributed by atoms with E-state index in [-0.39, 0.29) is 0 Å². The number of carbonyl (C=O) groups is 1. The van der Waals surface area contributed by atoms with E-state index in [0.29, 0.717) is 6.61 Å². The maximum absolute atomic E-state index is 10.9. The molecule has 0 saturated carbocycles. The van der Waals surface area contributed by atoms with Crippen LogP contribution >= 0.6 is 11.3 Å². The van der Waals surface area contributed by atoms with E-state index >= 15 is 0 Å². The van der Waals surface area contributed by atoms with Crippen molar-refractivity contribution in [2.24, 2.45) is 0 Å². The second-order valence-corrected chi connectivity index (χ2v) is 4.24. The van der Waals surface area contributed by atoms with Crippen molar-refractivity contribution in [1.82, 2.24) is 5.32 Å². The van der Waals surface area contributed by atoms with Gasteiger partial charge < -0.3 is 10.1 Å². The third-order valence-corrected chi connectivity index (χ3v) is 3.12. The molecule has 0 spiro atoms. The lowest BCUT2D eigenvalue weighted by atomic mass is 10.2. The SMILES string of the molecule is CNC(=O)OCc1cc2ccccc2s1. The highest BCUT2D eigenvalue weighted by atomic mass is 32.1. The molecule has 0 atom stereocenters. The number of thiophene rings is 1. The van der Waals surface area contributed by atoms with Crippen molar-refractivity contribution >= 4 is 27.5 Å². The molecule has 15 heavy (non-hydrogen) atoms. The molecule has 1 aromatic carbocycles. The number of alkyl carbamates (subject to hydrolysis) is 1. The molecule has 1 N–H and O–H groups in total. The Balaban J connectivity index is 2.12. The molecular weight excluding hydrogens is 210 g/mol.